The van der Waals surface area contributed by atoms with Gasteiger partial charge < -0.3 is 0 Å². The average Bonchev–Trinajstić information content (AvgIpc) is 2.38. The van der Waals surface area contributed by atoms with E-state index in [0.717, 1.165) is 0 Å². The second kappa shape index (κ2) is 21.3. The van der Waals surface area contributed by atoms with E-state index in [1.807, 2.05) is 13.8 Å². The monoisotopic (exact) mass is 242 g/mol. The van der Waals surface area contributed by atoms with Gasteiger partial charge in [0.25, 0.3) is 0 Å². The van der Waals surface area contributed by atoms with Crippen LogP contribution < -0.4 is 0 Å². The highest BCUT2D eigenvalue weighted by Crippen LogP contribution is 2.12. The average molecular weight is 242 g/mol. The van der Waals surface area contributed by atoms with Crippen LogP contribution in [0.1, 0.15) is 111 Å². The highest BCUT2D eigenvalue weighted by Gasteiger charge is 1.92. The summed E-state index contributed by atoms with van der Waals surface area (Å²) in [6, 6.07) is 0. The normalized spacial score (nSPS) is 9.88. The molecule has 0 radical (unpaired) electrons. The summed E-state index contributed by atoms with van der Waals surface area (Å²) in [4.78, 5) is 0. The first kappa shape index (κ1) is 19.3. The van der Waals surface area contributed by atoms with Gasteiger partial charge in [0.2, 0.25) is 0 Å². The van der Waals surface area contributed by atoms with Gasteiger partial charge in [-0.05, 0) is 0 Å². The molecule has 106 valence electrons. The molecule has 0 saturated carbocycles. The Morgan fingerprint density at radius 2 is 0.529 bits per heavy atom. The van der Waals surface area contributed by atoms with Crippen LogP contribution in [0, 0.1) is 0 Å². The maximum atomic E-state index is 2.29. The Labute approximate surface area is 112 Å². The van der Waals surface area contributed by atoms with Crippen LogP contribution in [-0.4, -0.2) is 0 Å². The number of unbranched alkanes of at least 4 members (excludes halogenated alkanes) is 12. The second-order valence-corrected chi connectivity index (χ2v) is 4.89. The summed E-state index contributed by atoms with van der Waals surface area (Å²) in [5, 5.41) is 0. The molecule has 0 unspecified atom stereocenters. The first-order chi connectivity index (χ1) is 8.41. The van der Waals surface area contributed by atoms with Crippen LogP contribution in [0.5, 0.6) is 0 Å². The lowest BCUT2D eigenvalue weighted by molar-refractivity contribution is 0.542. The van der Waals surface area contributed by atoms with E-state index in [1.165, 1.54) is 83.5 Å². The summed E-state index contributed by atoms with van der Waals surface area (Å²) in [5.41, 5.74) is 0. The van der Waals surface area contributed by atoms with Crippen molar-refractivity contribution < 1.29 is 0 Å². The highest BCUT2D eigenvalue weighted by atomic mass is 14.0. The summed E-state index contributed by atoms with van der Waals surface area (Å²) < 4.78 is 0. The standard InChI is InChI=1S/C15H32.C2H6/c1-3-5-7-9-11-13-15-14-12-10-8-6-4-2;1-2/h3-15H2,1-2H3;1-2H3. The molecule has 17 heavy (non-hydrogen) atoms. The Hall–Kier alpha value is 0. The smallest absolute Gasteiger partial charge is 0.0533 e. The molecule has 0 aromatic carbocycles. The number of hydrogen-bond acceptors (Lipinski definition) is 0. The topological polar surface area (TPSA) is 0 Å². The van der Waals surface area contributed by atoms with E-state index in [0.29, 0.717) is 0 Å². The van der Waals surface area contributed by atoms with Crippen molar-refractivity contribution in [3.05, 3.63) is 0 Å². The predicted octanol–water partition coefficient (Wildman–Crippen LogP) is 7.12. The molecule has 0 amide bonds. The summed E-state index contributed by atoms with van der Waals surface area (Å²) >= 11 is 0. The van der Waals surface area contributed by atoms with E-state index < -0.39 is 0 Å². The van der Waals surface area contributed by atoms with E-state index in [4.69, 9.17) is 0 Å². The molecule has 0 nitrogen and oxygen atoms in total. The van der Waals surface area contributed by atoms with Gasteiger partial charge in [-0.1, -0.05) is 111 Å². The second-order valence-electron chi connectivity index (χ2n) is 4.89. The van der Waals surface area contributed by atoms with Crippen LogP contribution in [0.4, 0.5) is 0 Å². The quantitative estimate of drug-likeness (QED) is 0.319. The van der Waals surface area contributed by atoms with E-state index >= 15 is 0 Å². The molecule has 0 spiro atoms. The lowest BCUT2D eigenvalue weighted by Crippen LogP contribution is -1.82. The minimum absolute atomic E-state index is 1.37. The Morgan fingerprint density at radius 3 is 0.706 bits per heavy atom. The van der Waals surface area contributed by atoms with Crippen LogP contribution in [0.3, 0.4) is 0 Å². The largest absolute Gasteiger partial charge is 0.0683 e. The molecule has 0 aromatic rings. The molecule has 0 rings (SSSR count). The lowest BCUT2D eigenvalue weighted by Gasteiger charge is -2.01. The fraction of sp³-hybridized carbons (Fsp3) is 1.00. The Bertz CT molecular complexity index is 84.2. The van der Waals surface area contributed by atoms with Gasteiger partial charge in [0, 0.05) is 0 Å². The summed E-state index contributed by atoms with van der Waals surface area (Å²) in [5.74, 6) is 0. The fourth-order valence-electron chi connectivity index (χ4n) is 2.09. The van der Waals surface area contributed by atoms with Crippen molar-refractivity contribution in [2.24, 2.45) is 0 Å². The molecule has 0 atom stereocenters. The van der Waals surface area contributed by atoms with Crippen LogP contribution >= 0.6 is 0 Å². The van der Waals surface area contributed by atoms with E-state index in [-0.39, 0.29) is 0 Å². The summed E-state index contributed by atoms with van der Waals surface area (Å²) in [6.45, 7) is 8.58. The zero-order chi connectivity index (χ0) is 13.2. The Morgan fingerprint density at radius 1 is 0.353 bits per heavy atom. The zero-order valence-electron chi connectivity index (χ0n) is 13.2. The summed E-state index contributed by atoms with van der Waals surface area (Å²) in [6.07, 6.45) is 18.9. The Balaban J connectivity index is 0. The third-order valence-corrected chi connectivity index (χ3v) is 3.21. The molecule has 0 fully saturated rings. The zero-order valence-corrected chi connectivity index (χ0v) is 13.2. The molecular formula is C17H38. The van der Waals surface area contributed by atoms with Gasteiger partial charge >= 0.3 is 0 Å². The molecule has 0 aliphatic rings. The van der Waals surface area contributed by atoms with Crippen molar-refractivity contribution in [1.29, 1.82) is 0 Å². The Kier molecular flexibility index (Phi) is 24.2. The third-order valence-electron chi connectivity index (χ3n) is 3.21. The molecule has 0 aromatic heterocycles. The fourth-order valence-corrected chi connectivity index (χ4v) is 2.09. The van der Waals surface area contributed by atoms with Crippen molar-refractivity contribution in [2.75, 3.05) is 0 Å². The van der Waals surface area contributed by atoms with Crippen LogP contribution in [-0.2, 0) is 0 Å². The van der Waals surface area contributed by atoms with Crippen molar-refractivity contribution >= 4 is 0 Å². The molecule has 0 aliphatic carbocycles. The molecule has 0 heteroatoms. The molecule has 0 saturated heterocycles. The first-order valence-corrected chi connectivity index (χ1v) is 8.41. The maximum absolute atomic E-state index is 2.29. The number of rotatable bonds is 12. The van der Waals surface area contributed by atoms with Crippen LogP contribution in [0.15, 0.2) is 0 Å². The van der Waals surface area contributed by atoms with E-state index in [2.05, 4.69) is 13.8 Å². The van der Waals surface area contributed by atoms with E-state index in [1.54, 1.807) is 0 Å². The van der Waals surface area contributed by atoms with Crippen molar-refractivity contribution in [3.8, 4) is 0 Å². The van der Waals surface area contributed by atoms with Gasteiger partial charge in [0.1, 0.15) is 0 Å². The highest BCUT2D eigenvalue weighted by molar-refractivity contribution is 4.47. The SMILES string of the molecule is CC.CCCCCCCCCCCCCCC. The molecule has 0 heterocycles. The lowest BCUT2D eigenvalue weighted by atomic mass is 10.1. The van der Waals surface area contributed by atoms with Gasteiger partial charge in [-0.25, -0.2) is 0 Å². The van der Waals surface area contributed by atoms with Gasteiger partial charge in [0.15, 0.2) is 0 Å². The van der Waals surface area contributed by atoms with Crippen molar-refractivity contribution in [3.63, 3.8) is 0 Å². The van der Waals surface area contributed by atoms with Crippen molar-refractivity contribution in [2.45, 2.75) is 111 Å². The predicted molar refractivity (Wildman–Crippen MR) is 82.7 cm³/mol. The molecule has 0 bridgehead atoms. The van der Waals surface area contributed by atoms with E-state index in [9.17, 15) is 0 Å². The molecule has 0 N–H and O–H groups in total. The van der Waals surface area contributed by atoms with Crippen LogP contribution in [0.25, 0.3) is 0 Å². The summed E-state index contributed by atoms with van der Waals surface area (Å²) in [7, 11) is 0. The minimum atomic E-state index is 1.37. The minimum Gasteiger partial charge on any atom is -0.0683 e. The van der Waals surface area contributed by atoms with Gasteiger partial charge in [-0.2, -0.15) is 0 Å². The third kappa shape index (κ3) is 21.8. The van der Waals surface area contributed by atoms with Crippen LogP contribution in [0.2, 0.25) is 0 Å². The van der Waals surface area contributed by atoms with Gasteiger partial charge in [0.05, 0.1) is 0 Å². The van der Waals surface area contributed by atoms with Gasteiger partial charge in [-0.15, -0.1) is 0 Å². The number of hydrogen-bond donors (Lipinski definition) is 0. The van der Waals surface area contributed by atoms with Crippen molar-refractivity contribution in [1.82, 2.24) is 0 Å². The van der Waals surface area contributed by atoms with Gasteiger partial charge in [-0.3, -0.25) is 0 Å². The molecular weight excluding hydrogens is 204 g/mol. The maximum Gasteiger partial charge on any atom is -0.0533 e. The first-order valence-electron chi connectivity index (χ1n) is 8.41. The molecule has 0 aliphatic heterocycles.